The van der Waals surface area contributed by atoms with Crippen LogP contribution in [0.1, 0.15) is 11.1 Å². The number of aryl methyl sites for hydroxylation is 1. The largest absolute Gasteiger partial charge is 0.424 e. The number of ether oxygens (including phenoxy) is 2. The van der Waals surface area contributed by atoms with Crippen LogP contribution < -0.4 is 15.1 Å². The predicted molar refractivity (Wildman–Crippen MR) is 129 cm³/mol. The van der Waals surface area contributed by atoms with Crippen LogP contribution in [-0.4, -0.2) is 47.5 Å². The van der Waals surface area contributed by atoms with Crippen molar-refractivity contribution in [2.24, 2.45) is 5.10 Å². The van der Waals surface area contributed by atoms with E-state index in [0.717, 1.165) is 35.4 Å². The normalized spacial score (nSPS) is 14.0. The highest BCUT2D eigenvalue weighted by atomic mass is 16.5. The molecule has 2 aromatic carbocycles. The average Bonchev–Trinajstić information content (AvgIpc) is 2.84. The Labute approximate surface area is 191 Å². The number of hydrogen-bond donors (Lipinski definition) is 1. The summed E-state index contributed by atoms with van der Waals surface area (Å²) >= 11 is 0. The number of hydrogen-bond acceptors (Lipinski definition) is 8. The topological polar surface area (TPSA) is 84.8 Å². The molecule has 8 heteroatoms. The Morgan fingerprint density at radius 3 is 2.82 bits per heavy atom. The van der Waals surface area contributed by atoms with E-state index in [1.807, 2.05) is 48.5 Å². The van der Waals surface area contributed by atoms with E-state index < -0.39 is 0 Å². The van der Waals surface area contributed by atoms with Gasteiger partial charge in [0.1, 0.15) is 11.6 Å². The Hall–Kier alpha value is -4.04. The maximum atomic E-state index is 6.03. The molecule has 0 bridgehead atoms. The van der Waals surface area contributed by atoms with Crippen molar-refractivity contribution >= 4 is 28.8 Å². The third-order valence-electron chi connectivity index (χ3n) is 5.25. The van der Waals surface area contributed by atoms with Crippen molar-refractivity contribution in [3.8, 4) is 11.8 Å². The van der Waals surface area contributed by atoms with Gasteiger partial charge in [-0.2, -0.15) is 15.1 Å². The van der Waals surface area contributed by atoms with E-state index in [0.29, 0.717) is 24.8 Å². The number of pyridine rings is 1. The first-order valence-corrected chi connectivity index (χ1v) is 10.8. The highest BCUT2D eigenvalue weighted by molar-refractivity contribution is 5.80. The number of nitrogens with one attached hydrogen (secondary N) is 1. The van der Waals surface area contributed by atoms with Gasteiger partial charge in [0, 0.05) is 36.8 Å². The molecule has 0 saturated carbocycles. The second kappa shape index (κ2) is 9.62. The van der Waals surface area contributed by atoms with Gasteiger partial charge in [0.15, 0.2) is 5.82 Å². The molecule has 1 N–H and O–H groups in total. The fourth-order valence-electron chi connectivity index (χ4n) is 3.61. The van der Waals surface area contributed by atoms with Crippen LogP contribution in [0.2, 0.25) is 0 Å². The maximum absolute atomic E-state index is 6.03. The summed E-state index contributed by atoms with van der Waals surface area (Å²) in [6.45, 7) is 4.87. The van der Waals surface area contributed by atoms with E-state index in [4.69, 9.17) is 9.47 Å². The average molecular weight is 441 g/mol. The maximum Gasteiger partial charge on any atom is 0.325 e. The molecule has 0 radical (unpaired) electrons. The lowest BCUT2D eigenvalue weighted by Crippen LogP contribution is -2.36. The molecule has 1 aliphatic heterocycles. The van der Waals surface area contributed by atoms with Crippen LogP contribution in [0.5, 0.6) is 11.8 Å². The van der Waals surface area contributed by atoms with Gasteiger partial charge in [-0.3, -0.25) is 10.4 Å². The molecule has 0 unspecified atom stereocenters. The highest BCUT2D eigenvalue weighted by Gasteiger charge is 2.16. The Bertz CT molecular complexity index is 1290. The van der Waals surface area contributed by atoms with Gasteiger partial charge in [-0.05, 0) is 30.7 Å². The third-order valence-corrected chi connectivity index (χ3v) is 5.25. The molecule has 0 aliphatic carbocycles. The molecule has 5 rings (SSSR count). The van der Waals surface area contributed by atoms with Crippen LogP contribution in [0.4, 0.5) is 11.6 Å². The van der Waals surface area contributed by atoms with Crippen molar-refractivity contribution in [2.45, 2.75) is 6.92 Å². The van der Waals surface area contributed by atoms with Crippen LogP contribution >= 0.6 is 0 Å². The Morgan fingerprint density at radius 1 is 1.03 bits per heavy atom. The second-order valence-corrected chi connectivity index (χ2v) is 7.74. The molecule has 1 fully saturated rings. The lowest BCUT2D eigenvalue weighted by molar-refractivity contribution is 0.122. The Kier molecular flexibility index (Phi) is 6.08. The number of hydrazone groups is 1. The number of rotatable bonds is 6. The number of nitrogens with zero attached hydrogens (tertiary/aromatic N) is 5. The first kappa shape index (κ1) is 20.8. The third kappa shape index (κ3) is 5.24. The number of anilines is 2. The van der Waals surface area contributed by atoms with Gasteiger partial charge in [-0.25, -0.2) is 0 Å². The van der Waals surface area contributed by atoms with Crippen molar-refractivity contribution in [1.29, 1.82) is 0 Å². The fraction of sp³-hybridized carbons (Fsp3) is 0.200. The van der Waals surface area contributed by atoms with Crippen molar-refractivity contribution in [3.63, 3.8) is 0 Å². The summed E-state index contributed by atoms with van der Waals surface area (Å²) in [5, 5.41) is 5.40. The van der Waals surface area contributed by atoms with Crippen LogP contribution in [0.25, 0.3) is 10.9 Å². The van der Waals surface area contributed by atoms with E-state index in [1.54, 1.807) is 12.4 Å². The zero-order valence-corrected chi connectivity index (χ0v) is 18.3. The second-order valence-electron chi connectivity index (χ2n) is 7.74. The molecule has 1 aliphatic rings. The quantitative estimate of drug-likeness (QED) is 0.351. The first-order valence-electron chi connectivity index (χ1n) is 10.8. The Balaban J connectivity index is 1.41. The molecule has 0 spiro atoms. The molecule has 8 nitrogen and oxygen atoms in total. The number of morpholine rings is 1. The zero-order chi connectivity index (χ0) is 22.5. The van der Waals surface area contributed by atoms with E-state index in [-0.39, 0.29) is 6.01 Å². The molecule has 0 amide bonds. The predicted octanol–water partition coefficient (Wildman–Crippen LogP) is 4.41. The van der Waals surface area contributed by atoms with Gasteiger partial charge in [0.2, 0.25) is 0 Å². The van der Waals surface area contributed by atoms with E-state index in [9.17, 15) is 0 Å². The zero-order valence-electron chi connectivity index (χ0n) is 18.3. The van der Waals surface area contributed by atoms with Crippen molar-refractivity contribution in [1.82, 2.24) is 15.0 Å². The Morgan fingerprint density at radius 2 is 1.94 bits per heavy atom. The summed E-state index contributed by atoms with van der Waals surface area (Å²) in [5.41, 5.74) is 6.05. The molecule has 33 heavy (non-hydrogen) atoms. The smallest absolute Gasteiger partial charge is 0.325 e. The molecule has 4 aromatic rings. The summed E-state index contributed by atoms with van der Waals surface area (Å²) in [6, 6.07) is 19.9. The summed E-state index contributed by atoms with van der Waals surface area (Å²) in [5.74, 6) is 1.93. The highest BCUT2D eigenvalue weighted by Crippen LogP contribution is 2.26. The summed E-state index contributed by atoms with van der Waals surface area (Å²) < 4.78 is 11.5. The van der Waals surface area contributed by atoms with Gasteiger partial charge in [0.05, 0.1) is 24.9 Å². The van der Waals surface area contributed by atoms with Crippen molar-refractivity contribution in [2.75, 3.05) is 36.6 Å². The SMILES string of the molecule is Cc1cccc(/C=N/Nc2cc(N3CCOCC3)nc(Oc3ccc4cccnc4c3)n2)c1. The summed E-state index contributed by atoms with van der Waals surface area (Å²) in [7, 11) is 0. The lowest BCUT2D eigenvalue weighted by Gasteiger charge is -2.28. The van der Waals surface area contributed by atoms with E-state index >= 15 is 0 Å². The molecule has 1 saturated heterocycles. The van der Waals surface area contributed by atoms with Crippen LogP contribution in [0.3, 0.4) is 0 Å². The summed E-state index contributed by atoms with van der Waals surface area (Å²) in [4.78, 5) is 15.7. The molecule has 2 aromatic heterocycles. The van der Waals surface area contributed by atoms with Gasteiger partial charge < -0.3 is 14.4 Å². The molecule has 3 heterocycles. The monoisotopic (exact) mass is 440 g/mol. The van der Waals surface area contributed by atoms with Crippen molar-refractivity contribution < 1.29 is 9.47 Å². The summed E-state index contributed by atoms with van der Waals surface area (Å²) in [6.07, 6.45) is 3.52. The fourth-order valence-corrected chi connectivity index (χ4v) is 3.61. The lowest BCUT2D eigenvalue weighted by atomic mass is 10.2. The number of aromatic nitrogens is 3. The minimum absolute atomic E-state index is 0.238. The molecule has 166 valence electrons. The minimum atomic E-state index is 0.238. The van der Waals surface area contributed by atoms with Gasteiger partial charge in [0.25, 0.3) is 0 Å². The van der Waals surface area contributed by atoms with Crippen molar-refractivity contribution in [3.05, 3.63) is 78.0 Å². The molecular formula is C25H24N6O2. The number of benzene rings is 2. The van der Waals surface area contributed by atoms with Gasteiger partial charge in [-0.15, -0.1) is 0 Å². The van der Waals surface area contributed by atoms with Gasteiger partial charge in [-0.1, -0.05) is 35.9 Å². The molecule has 0 atom stereocenters. The first-order chi connectivity index (χ1) is 16.2. The van der Waals surface area contributed by atoms with E-state index in [2.05, 4.69) is 49.4 Å². The van der Waals surface area contributed by atoms with Crippen LogP contribution in [-0.2, 0) is 4.74 Å². The van der Waals surface area contributed by atoms with E-state index in [1.165, 1.54) is 5.56 Å². The van der Waals surface area contributed by atoms with Crippen LogP contribution in [0.15, 0.2) is 72.0 Å². The van der Waals surface area contributed by atoms with Crippen LogP contribution in [0, 0.1) is 6.92 Å². The number of fused-ring (bicyclic) bond motifs is 1. The standard InChI is InChI=1S/C25H24N6O2/c1-18-4-2-5-19(14-18)17-27-30-23-16-24(31-10-12-32-13-11-31)29-25(28-23)33-21-8-7-20-6-3-9-26-22(20)15-21/h2-9,14-17H,10-13H2,1H3,(H,28,29,30)/b27-17+. The molecular weight excluding hydrogens is 416 g/mol. The van der Waals surface area contributed by atoms with Gasteiger partial charge >= 0.3 is 6.01 Å². The minimum Gasteiger partial charge on any atom is -0.424 e.